The summed E-state index contributed by atoms with van der Waals surface area (Å²) < 4.78 is 1.30. The maximum absolute atomic E-state index is 12.6. The SMILES string of the molecule is Cc1nn(CC(=O)N2CCN(C(C)C)CC2)c(=O)c2ccccc12. The second kappa shape index (κ2) is 6.73. The number of rotatable bonds is 3. The smallest absolute Gasteiger partial charge is 0.275 e. The van der Waals surface area contributed by atoms with Crippen LogP contribution in [0.1, 0.15) is 19.5 Å². The Morgan fingerprint density at radius 3 is 2.38 bits per heavy atom. The van der Waals surface area contributed by atoms with E-state index in [1.54, 1.807) is 6.07 Å². The predicted molar refractivity (Wildman–Crippen MR) is 94.0 cm³/mol. The lowest BCUT2D eigenvalue weighted by atomic mass is 10.1. The van der Waals surface area contributed by atoms with Gasteiger partial charge in [0, 0.05) is 37.6 Å². The first kappa shape index (κ1) is 16.6. The third-order valence-corrected chi connectivity index (χ3v) is 4.73. The molecule has 0 N–H and O–H groups in total. The number of hydrogen-bond acceptors (Lipinski definition) is 4. The minimum Gasteiger partial charge on any atom is -0.339 e. The maximum atomic E-state index is 12.6. The molecule has 1 aliphatic rings. The first-order chi connectivity index (χ1) is 11.5. The van der Waals surface area contributed by atoms with E-state index in [1.807, 2.05) is 30.0 Å². The van der Waals surface area contributed by atoms with E-state index < -0.39 is 0 Å². The summed E-state index contributed by atoms with van der Waals surface area (Å²) in [4.78, 5) is 29.3. The highest BCUT2D eigenvalue weighted by Crippen LogP contribution is 2.12. The lowest BCUT2D eigenvalue weighted by Crippen LogP contribution is -2.51. The van der Waals surface area contributed by atoms with Crippen molar-refractivity contribution in [2.75, 3.05) is 26.2 Å². The Labute approximate surface area is 141 Å². The fourth-order valence-corrected chi connectivity index (χ4v) is 3.23. The van der Waals surface area contributed by atoms with Crippen LogP contribution in [0.25, 0.3) is 10.8 Å². The third kappa shape index (κ3) is 3.19. The van der Waals surface area contributed by atoms with E-state index in [4.69, 9.17) is 0 Å². The molecule has 1 amide bonds. The van der Waals surface area contributed by atoms with Crippen LogP contribution in [0.4, 0.5) is 0 Å². The summed E-state index contributed by atoms with van der Waals surface area (Å²) in [6.07, 6.45) is 0. The highest BCUT2D eigenvalue weighted by Gasteiger charge is 2.23. The summed E-state index contributed by atoms with van der Waals surface area (Å²) in [5, 5.41) is 5.78. The number of fused-ring (bicyclic) bond motifs is 1. The van der Waals surface area contributed by atoms with Crippen LogP contribution in [0, 0.1) is 6.92 Å². The first-order valence-corrected chi connectivity index (χ1v) is 8.45. The number of carbonyl (C=O) groups excluding carboxylic acids is 1. The normalized spacial score (nSPS) is 16.1. The van der Waals surface area contributed by atoms with Crippen molar-refractivity contribution < 1.29 is 4.79 Å². The molecule has 2 aromatic rings. The van der Waals surface area contributed by atoms with E-state index in [-0.39, 0.29) is 18.0 Å². The monoisotopic (exact) mass is 328 g/mol. The third-order valence-electron chi connectivity index (χ3n) is 4.73. The molecular weight excluding hydrogens is 304 g/mol. The van der Waals surface area contributed by atoms with Crippen LogP contribution in [0.2, 0.25) is 0 Å². The zero-order valence-electron chi connectivity index (χ0n) is 14.5. The molecule has 1 saturated heterocycles. The molecule has 1 fully saturated rings. The van der Waals surface area contributed by atoms with Crippen molar-refractivity contribution in [3.63, 3.8) is 0 Å². The summed E-state index contributed by atoms with van der Waals surface area (Å²) in [5.74, 6) is -0.0392. The Morgan fingerprint density at radius 1 is 1.12 bits per heavy atom. The van der Waals surface area contributed by atoms with E-state index in [2.05, 4.69) is 23.8 Å². The number of benzene rings is 1. The molecule has 0 saturated carbocycles. The van der Waals surface area contributed by atoms with Gasteiger partial charge in [0.15, 0.2) is 0 Å². The molecule has 0 radical (unpaired) electrons. The first-order valence-electron chi connectivity index (χ1n) is 8.45. The molecule has 6 heteroatoms. The fraction of sp³-hybridized carbons (Fsp3) is 0.500. The van der Waals surface area contributed by atoms with E-state index >= 15 is 0 Å². The molecule has 24 heavy (non-hydrogen) atoms. The molecule has 0 spiro atoms. The second-order valence-electron chi connectivity index (χ2n) is 6.60. The molecule has 6 nitrogen and oxygen atoms in total. The molecular formula is C18H24N4O2. The quantitative estimate of drug-likeness (QED) is 0.851. The van der Waals surface area contributed by atoms with Crippen molar-refractivity contribution in [1.29, 1.82) is 0 Å². The molecule has 0 atom stereocenters. The maximum Gasteiger partial charge on any atom is 0.275 e. The molecule has 0 unspecified atom stereocenters. The molecule has 2 heterocycles. The Balaban J connectivity index is 1.77. The van der Waals surface area contributed by atoms with Gasteiger partial charge in [-0.25, -0.2) is 4.68 Å². The van der Waals surface area contributed by atoms with Gasteiger partial charge in [-0.1, -0.05) is 18.2 Å². The number of carbonyl (C=O) groups is 1. The molecule has 1 aromatic carbocycles. The van der Waals surface area contributed by atoms with Crippen molar-refractivity contribution in [2.24, 2.45) is 0 Å². The summed E-state index contributed by atoms with van der Waals surface area (Å²) in [7, 11) is 0. The molecule has 0 aliphatic carbocycles. The van der Waals surface area contributed by atoms with Gasteiger partial charge >= 0.3 is 0 Å². The minimum absolute atomic E-state index is 0.00614. The highest BCUT2D eigenvalue weighted by molar-refractivity contribution is 5.83. The Bertz CT molecular complexity index is 804. The minimum atomic E-state index is -0.203. The summed E-state index contributed by atoms with van der Waals surface area (Å²) >= 11 is 0. The zero-order chi connectivity index (χ0) is 17.3. The van der Waals surface area contributed by atoms with E-state index in [0.29, 0.717) is 24.5 Å². The molecule has 1 aromatic heterocycles. The fourth-order valence-electron chi connectivity index (χ4n) is 3.23. The highest BCUT2D eigenvalue weighted by atomic mass is 16.2. The molecule has 0 bridgehead atoms. The van der Waals surface area contributed by atoms with Crippen LogP contribution in [0.3, 0.4) is 0 Å². The van der Waals surface area contributed by atoms with Crippen molar-refractivity contribution in [1.82, 2.24) is 19.6 Å². The van der Waals surface area contributed by atoms with Gasteiger partial charge in [0.25, 0.3) is 5.56 Å². The van der Waals surface area contributed by atoms with Gasteiger partial charge in [0.1, 0.15) is 6.54 Å². The van der Waals surface area contributed by atoms with Crippen LogP contribution < -0.4 is 5.56 Å². The van der Waals surface area contributed by atoms with Crippen LogP contribution in [-0.4, -0.2) is 57.7 Å². The average Bonchev–Trinajstić information content (AvgIpc) is 2.59. The van der Waals surface area contributed by atoms with Gasteiger partial charge in [-0.05, 0) is 26.8 Å². The molecule has 128 valence electrons. The molecule has 3 rings (SSSR count). The number of amides is 1. The topological polar surface area (TPSA) is 58.4 Å². The van der Waals surface area contributed by atoms with Crippen LogP contribution >= 0.6 is 0 Å². The van der Waals surface area contributed by atoms with Gasteiger partial charge in [-0.2, -0.15) is 5.10 Å². The average molecular weight is 328 g/mol. The van der Waals surface area contributed by atoms with Gasteiger partial charge < -0.3 is 4.90 Å². The van der Waals surface area contributed by atoms with Crippen LogP contribution in [0.15, 0.2) is 29.1 Å². The van der Waals surface area contributed by atoms with Crippen molar-refractivity contribution in [3.8, 4) is 0 Å². The lowest BCUT2D eigenvalue weighted by molar-refractivity contribution is -0.134. The van der Waals surface area contributed by atoms with Gasteiger partial charge in [0.2, 0.25) is 5.91 Å². The lowest BCUT2D eigenvalue weighted by Gasteiger charge is -2.36. The summed E-state index contributed by atoms with van der Waals surface area (Å²) in [6.45, 7) is 9.37. The zero-order valence-corrected chi connectivity index (χ0v) is 14.5. The van der Waals surface area contributed by atoms with E-state index in [0.717, 1.165) is 24.2 Å². The second-order valence-corrected chi connectivity index (χ2v) is 6.60. The van der Waals surface area contributed by atoms with Gasteiger partial charge in [-0.3, -0.25) is 14.5 Å². The predicted octanol–water partition coefficient (Wildman–Crippen LogP) is 1.26. The van der Waals surface area contributed by atoms with E-state index in [9.17, 15) is 9.59 Å². The Morgan fingerprint density at radius 2 is 1.75 bits per heavy atom. The van der Waals surface area contributed by atoms with Crippen molar-refractivity contribution in [3.05, 3.63) is 40.3 Å². The summed E-state index contributed by atoms with van der Waals surface area (Å²) in [6, 6.07) is 7.89. The number of aromatic nitrogens is 2. The van der Waals surface area contributed by atoms with Crippen LogP contribution in [-0.2, 0) is 11.3 Å². The van der Waals surface area contributed by atoms with Gasteiger partial charge in [-0.15, -0.1) is 0 Å². The Hall–Kier alpha value is -2.21. The number of nitrogens with zero attached hydrogens (tertiary/aromatic N) is 4. The van der Waals surface area contributed by atoms with Crippen LogP contribution in [0.5, 0.6) is 0 Å². The van der Waals surface area contributed by atoms with Gasteiger partial charge in [0.05, 0.1) is 11.1 Å². The number of piperazine rings is 1. The summed E-state index contributed by atoms with van der Waals surface area (Å²) in [5.41, 5.74) is 0.563. The van der Waals surface area contributed by atoms with Crippen molar-refractivity contribution in [2.45, 2.75) is 33.4 Å². The standard InChI is InChI=1S/C18H24N4O2/c1-13(2)20-8-10-21(11-9-20)17(23)12-22-18(24)16-7-5-4-6-15(16)14(3)19-22/h4-7,13H,8-12H2,1-3H3. The molecule has 1 aliphatic heterocycles. The Kier molecular flexibility index (Phi) is 4.66. The number of hydrogen-bond donors (Lipinski definition) is 0. The largest absolute Gasteiger partial charge is 0.339 e. The number of aryl methyl sites for hydroxylation is 1. The van der Waals surface area contributed by atoms with Crippen molar-refractivity contribution >= 4 is 16.7 Å². The van der Waals surface area contributed by atoms with E-state index in [1.165, 1.54) is 4.68 Å².